The second-order valence-corrected chi connectivity index (χ2v) is 7.61. The molecule has 0 N–H and O–H groups in total. The number of hydrogen-bond acceptors (Lipinski definition) is 2. The molecule has 1 aliphatic heterocycles. The fraction of sp³-hybridized carbons (Fsp3) is 0.917. The van der Waals surface area contributed by atoms with Crippen molar-refractivity contribution in [2.45, 2.75) is 50.0 Å². The van der Waals surface area contributed by atoms with Crippen LogP contribution in [-0.4, -0.2) is 34.0 Å². The van der Waals surface area contributed by atoms with E-state index in [0.29, 0.717) is 13.1 Å². The first kappa shape index (κ1) is 13.3. The summed E-state index contributed by atoms with van der Waals surface area (Å²) in [4.78, 5) is 13.6. The molecule has 0 aromatic carbocycles. The lowest BCUT2D eigenvalue weighted by atomic mass is 9.94. The SMILES string of the molecule is CC(C)(C)OC(=O)N1CCC2(CC1)CC2(Cl)Cl. The molecule has 3 nitrogen and oxygen atoms in total. The Morgan fingerprint density at radius 3 is 2.06 bits per heavy atom. The van der Waals surface area contributed by atoms with Crippen molar-refractivity contribution in [2.24, 2.45) is 5.41 Å². The molecule has 0 aromatic rings. The molecule has 1 amide bonds. The van der Waals surface area contributed by atoms with Crippen LogP contribution in [0.15, 0.2) is 0 Å². The maximum absolute atomic E-state index is 11.8. The minimum absolute atomic E-state index is 0.0502. The molecule has 1 spiro atoms. The van der Waals surface area contributed by atoms with E-state index in [1.54, 1.807) is 4.90 Å². The van der Waals surface area contributed by atoms with Gasteiger partial charge in [0.05, 0.1) is 0 Å². The maximum Gasteiger partial charge on any atom is 0.410 e. The van der Waals surface area contributed by atoms with Crippen molar-refractivity contribution < 1.29 is 9.53 Å². The number of hydrogen-bond donors (Lipinski definition) is 0. The van der Waals surface area contributed by atoms with Gasteiger partial charge in [0.25, 0.3) is 0 Å². The van der Waals surface area contributed by atoms with Crippen LogP contribution in [0.25, 0.3) is 0 Å². The smallest absolute Gasteiger partial charge is 0.410 e. The molecule has 1 saturated heterocycles. The van der Waals surface area contributed by atoms with Gasteiger partial charge in [-0.25, -0.2) is 4.79 Å². The number of amides is 1. The first-order valence-electron chi connectivity index (χ1n) is 6.01. The van der Waals surface area contributed by atoms with E-state index < -0.39 is 9.93 Å². The highest BCUT2D eigenvalue weighted by Gasteiger charge is 2.66. The molecule has 2 rings (SSSR count). The molecule has 0 atom stereocenters. The van der Waals surface area contributed by atoms with Crippen LogP contribution >= 0.6 is 23.2 Å². The number of halogens is 2. The molecule has 1 heterocycles. The van der Waals surface area contributed by atoms with Gasteiger partial charge in [0.1, 0.15) is 9.93 Å². The highest BCUT2D eigenvalue weighted by Crippen LogP contribution is 2.68. The van der Waals surface area contributed by atoms with E-state index in [1.807, 2.05) is 20.8 Å². The number of ether oxygens (including phenoxy) is 1. The van der Waals surface area contributed by atoms with Crippen LogP contribution in [0.2, 0.25) is 0 Å². The Kier molecular flexibility index (Phi) is 3.07. The highest BCUT2D eigenvalue weighted by molar-refractivity contribution is 6.51. The van der Waals surface area contributed by atoms with Gasteiger partial charge in [0, 0.05) is 18.5 Å². The quantitative estimate of drug-likeness (QED) is 0.635. The topological polar surface area (TPSA) is 29.5 Å². The van der Waals surface area contributed by atoms with Crippen LogP contribution in [0, 0.1) is 5.41 Å². The normalized spacial score (nSPS) is 25.8. The molecule has 0 unspecified atom stereocenters. The molecule has 5 heteroatoms. The van der Waals surface area contributed by atoms with Crippen molar-refractivity contribution in [1.82, 2.24) is 4.90 Å². The average Bonchev–Trinajstić information content (AvgIpc) is 2.65. The van der Waals surface area contributed by atoms with Crippen LogP contribution in [-0.2, 0) is 4.74 Å². The molecule has 2 fully saturated rings. The van der Waals surface area contributed by atoms with Gasteiger partial charge in [-0.3, -0.25) is 0 Å². The van der Waals surface area contributed by atoms with Gasteiger partial charge in [0.15, 0.2) is 0 Å². The van der Waals surface area contributed by atoms with E-state index in [2.05, 4.69) is 0 Å². The monoisotopic (exact) mass is 279 g/mol. The van der Waals surface area contributed by atoms with Gasteiger partial charge in [-0.15, -0.1) is 23.2 Å². The Bertz CT molecular complexity index is 328. The predicted octanol–water partition coefficient (Wildman–Crippen LogP) is 3.58. The highest BCUT2D eigenvalue weighted by atomic mass is 35.5. The molecule has 0 bridgehead atoms. The summed E-state index contributed by atoms with van der Waals surface area (Å²) in [5.41, 5.74) is -0.386. The average molecular weight is 280 g/mol. The summed E-state index contributed by atoms with van der Waals surface area (Å²) in [6, 6.07) is 0. The van der Waals surface area contributed by atoms with Crippen LogP contribution in [0.4, 0.5) is 4.79 Å². The van der Waals surface area contributed by atoms with E-state index >= 15 is 0 Å². The van der Waals surface area contributed by atoms with Crippen LogP contribution in [0.1, 0.15) is 40.0 Å². The third-order valence-electron chi connectivity index (χ3n) is 3.58. The number of piperidine rings is 1. The fourth-order valence-corrected chi connectivity index (χ4v) is 3.26. The molecule has 2 aliphatic rings. The van der Waals surface area contributed by atoms with Crippen LogP contribution in [0.3, 0.4) is 0 Å². The van der Waals surface area contributed by atoms with Gasteiger partial charge >= 0.3 is 6.09 Å². The second kappa shape index (κ2) is 3.92. The zero-order chi connectivity index (χ0) is 12.9. The molecule has 0 aromatic heterocycles. The lowest BCUT2D eigenvalue weighted by Gasteiger charge is -2.34. The lowest BCUT2D eigenvalue weighted by molar-refractivity contribution is 0.0172. The zero-order valence-corrected chi connectivity index (χ0v) is 12.1. The summed E-state index contributed by atoms with van der Waals surface area (Å²) in [6.45, 7) is 7.01. The number of carbonyl (C=O) groups excluding carboxylic acids is 1. The number of likely N-dealkylation sites (tertiary alicyclic amines) is 1. The number of carbonyl (C=O) groups is 1. The van der Waals surface area contributed by atoms with Gasteiger partial charge in [0.2, 0.25) is 0 Å². The first-order valence-corrected chi connectivity index (χ1v) is 6.77. The third-order valence-corrected chi connectivity index (χ3v) is 4.65. The van der Waals surface area contributed by atoms with Crippen molar-refractivity contribution in [3.63, 3.8) is 0 Å². The van der Waals surface area contributed by atoms with Gasteiger partial charge < -0.3 is 9.64 Å². The van der Waals surface area contributed by atoms with Crippen LogP contribution in [0.5, 0.6) is 0 Å². The number of nitrogens with zero attached hydrogens (tertiary/aromatic N) is 1. The van der Waals surface area contributed by atoms with Gasteiger partial charge in [-0.2, -0.15) is 0 Å². The lowest BCUT2D eigenvalue weighted by Crippen LogP contribution is -2.43. The largest absolute Gasteiger partial charge is 0.444 e. The third kappa shape index (κ3) is 2.65. The fourth-order valence-electron chi connectivity index (χ4n) is 2.37. The van der Waals surface area contributed by atoms with Crippen molar-refractivity contribution in [1.29, 1.82) is 0 Å². The van der Waals surface area contributed by atoms with Crippen molar-refractivity contribution in [3.05, 3.63) is 0 Å². The Balaban J connectivity index is 1.86. The van der Waals surface area contributed by atoms with E-state index in [4.69, 9.17) is 27.9 Å². The van der Waals surface area contributed by atoms with Crippen molar-refractivity contribution >= 4 is 29.3 Å². The Labute approximate surface area is 112 Å². The Morgan fingerprint density at radius 1 is 1.24 bits per heavy atom. The molecule has 0 radical (unpaired) electrons. The van der Waals surface area contributed by atoms with Gasteiger partial charge in [-0.1, -0.05) is 0 Å². The van der Waals surface area contributed by atoms with Crippen molar-refractivity contribution in [2.75, 3.05) is 13.1 Å². The van der Waals surface area contributed by atoms with E-state index in [9.17, 15) is 4.79 Å². The molecule has 1 aliphatic carbocycles. The summed E-state index contributed by atoms with van der Waals surface area (Å²) in [7, 11) is 0. The molecule has 1 saturated carbocycles. The minimum Gasteiger partial charge on any atom is -0.444 e. The summed E-state index contributed by atoms with van der Waals surface area (Å²) >= 11 is 12.3. The maximum atomic E-state index is 11.8. The number of rotatable bonds is 0. The molecular weight excluding hydrogens is 261 g/mol. The molecule has 17 heavy (non-hydrogen) atoms. The zero-order valence-electron chi connectivity index (χ0n) is 10.6. The first-order chi connectivity index (χ1) is 7.65. The summed E-state index contributed by atoms with van der Waals surface area (Å²) in [5.74, 6) is 0. The van der Waals surface area contributed by atoms with Gasteiger partial charge in [-0.05, 0) is 40.0 Å². The molecule has 98 valence electrons. The predicted molar refractivity (Wildman–Crippen MR) is 68.5 cm³/mol. The van der Waals surface area contributed by atoms with E-state index in [-0.39, 0.29) is 11.5 Å². The summed E-state index contributed by atoms with van der Waals surface area (Å²) in [6.07, 6.45) is 2.37. The molecular formula is C12H19Cl2NO2. The van der Waals surface area contributed by atoms with E-state index in [1.165, 1.54) is 0 Å². The Morgan fingerprint density at radius 2 is 1.71 bits per heavy atom. The van der Waals surface area contributed by atoms with Crippen LogP contribution < -0.4 is 0 Å². The Hall–Kier alpha value is -0.150. The second-order valence-electron chi connectivity index (χ2n) is 6.13. The minimum atomic E-state index is -0.562. The van der Waals surface area contributed by atoms with E-state index in [0.717, 1.165) is 19.3 Å². The summed E-state index contributed by atoms with van der Waals surface area (Å²) < 4.78 is 4.78. The summed E-state index contributed by atoms with van der Waals surface area (Å²) in [5, 5.41) is 0. The standard InChI is InChI=1S/C12H19Cl2NO2/c1-10(2,3)17-9(16)15-6-4-11(5-7-15)8-12(11,13)14/h4-8H2,1-3H3. The van der Waals surface area contributed by atoms with Crippen molar-refractivity contribution in [3.8, 4) is 0 Å². The number of alkyl halides is 2.